The summed E-state index contributed by atoms with van der Waals surface area (Å²) in [7, 11) is 0. The molecule has 0 aliphatic heterocycles. The summed E-state index contributed by atoms with van der Waals surface area (Å²) in [6.07, 6.45) is 2.68. The van der Waals surface area contributed by atoms with Crippen molar-refractivity contribution in [3.8, 4) is 0 Å². The van der Waals surface area contributed by atoms with Crippen LogP contribution in [0.5, 0.6) is 0 Å². The van der Waals surface area contributed by atoms with Gasteiger partial charge in [0.15, 0.2) is 12.6 Å². The highest BCUT2D eigenvalue weighted by molar-refractivity contribution is 5.85. The molecule has 0 spiro atoms. The molecule has 156 valence electrons. The summed E-state index contributed by atoms with van der Waals surface area (Å²) in [6, 6.07) is 0. The average molecular weight is 380 g/mol. The van der Waals surface area contributed by atoms with Gasteiger partial charge in [0.1, 0.15) is 0 Å². The second kappa shape index (κ2) is 23.3. The Kier molecular flexibility index (Phi) is 28.6. The average Bonchev–Trinajstić information content (AvgIpc) is 2.52. The Morgan fingerprint density at radius 2 is 0.923 bits per heavy atom. The third kappa shape index (κ3) is 49.5. The minimum absolute atomic E-state index is 0.176. The molecule has 0 aromatic heterocycles. The van der Waals surface area contributed by atoms with E-state index in [1.165, 1.54) is 13.8 Å². The molecule has 8 heteroatoms. The summed E-state index contributed by atoms with van der Waals surface area (Å²) >= 11 is 0. The van der Waals surface area contributed by atoms with Gasteiger partial charge in [0.2, 0.25) is 0 Å². The minimum atomic E-state index is -1.10. The van der Waals surface area contributed by atoms with Crippen molar-refractivity contribution in [3.05, 3.63) is 24.3 Å². The quantitative estimate of drug-likeness (QED) is 0.277. The van der Waals surface area contributed by atoms with E-state index in [1.54, 1.807) is 0 Å². The topological polar surface area (TPSA) is 156 Å². The summed E-state index contributed by atoms with van der Waals surface area (Å²) in [5.74, 6) is -1.87. The molecule has 0 saturated carbocycles. The molecule has 0 atom stereocenters. The summed E-state index contributed by atoms with van der Waals surface area (Å²) < 4.78 is 0. The number of aliphatic hydroxyl groups excluding tert-OH is 2. The number of aliphatic hydroxyl groups is 4. The Hall–Kier alpha value is -1.74. The first-order chi connectivity index (χ1) is 11.8. The number of carbonyl (C=O) groups is 2. The molecule has 26 heavy (non-hydrogen) atoms. The Balaban J connectivity index is -0.000000124. The summed E-state index contributed by atoms with van der Waals surface area (Å²) in [6.45, 7) is 13.2. The van der Waals surface area contributed by atoms with E-state index in [2.05, 4.69) is 13.2 Å². The monoisotopic (exact) mass is 380 g/mol. The van der Waals surface area contributed by atoms with Crippen LogP contribution in [-0.4, -0.2) is 55.2 Å². The number of aliphatic carboxylic acids is 2. The van der Waals surface area contributed by atoms with E-state index >= 15 is 0 Å². The van der Waals surface area contributed by atoms with Crippen molar-refractivity contribution in [2.24, 2.45) is 0 Å². The van der Waals surface area contributed by atoms with Gasteiger partial charge in [-0.15, -0.1) is 0 Å². The first kappa shape index (κ1) is 32.0. The van der Waals surface area contributed by atoms with Crippen LogP contribution in [0.3, 0.4) is 0 Å². The highest BCUT2D eigenvalue weighted by atomic mass is 16.5. The molecule has 0 aliphatic rings. The first-order valence-electron chi connectivity index (χ1n) is 8.33. The lowest BCUT2D eigenvalue weighted by molar-refractivity contribution is -0.133. The maximum absolute atomic E-state index is 9.60. The smallest absolute Gasteiger partial charge is 0.330 e. The fraction of sp³-hybridized carbons (Fsp3) is 0.667. The second-order valence-corrected chi connectivity index (χ2v) is 5.42. The SMILES string of the molecule is C=C(C)C(=O)O.C=C(C)C(=O)O.CCCCC(O)O.CCCCC(O)O. The highest BCUT2D eigenvalue weighted by Crippen LogP contribution is 1.95. The maximum atomic E-state index is 9.60. The van der Waals surface area contributed by atoms with Gasteiger partial charge in [-0.1, -0.05) is 39.8 Å². The van der Waals surface area contributed by atoms with Crippen LogP contribution in [0.2, 0.25) is 0 Å². The summed E-state index contributed by atoms with van der Waals surface area (Å²) in [5, 5.41) is 48.7. The van der Waals surface area contributed by atoms with Crippen molar-refractivity contribution in [1.82, 2.24) is 0 Å². The van der Waals surface area contributed by atoms with Gasteiger partial charge in [0, 0.05) is 11.1 Å². The van der Waals surface area contributed by atoms with Gasteiger partial charge in [-0.05, 0) is 39.5 Å². The third-order valence-corrected chi connectivity index (χ3v) is 2.36. The number of rotatable bonds is 8. The molecule has 0 aliphatic carbocycles. The third-order valence-electron chi connectivity index (χ3n) is 2.36. The van der Waals surface area contributed by atoms with Gasteiger partial charge in [-0.3, -0.25) is 0 Å². The van der Waals surface area contributed by atoms with Crippen LogP contribution in [-0.2, 0) is 9.59 Å². The number of hydrogen-bond acceptors (Lipinski definition) is 6. The van der Waals surface area contributed by atoms with Gasteiger partial charge >= 0.3 is 11.9 Å². The fourth-order valence-corrected chi connectivity index (χ4v) is 0.773. The summed E-state index contributed by atoms with van der Waals surface area (Å²) in [4.78, 5) is 19.2. The van der Waals surface area contributed by atoms with Crippen molar-refractivity contribution >= 4 is 11.9 Å². The molecule has 0 fully saturated rings. The number of carboxylic acids is 2. The van der Waals surface area contributed by atoms with Crippen LogP contribution in [0.25, 0.3) is 0 Å². The van der Waals surface area contributed by atoms with Crippen LogP contribution in [0.1, 0.15) is 66.2 Å². The molecule has 0 rings (SSSR count). The van der Waals surface area contributed by atoms with E-state index in [0.29, 0.717) is 12.8 Å². The van der Waals surface area contributed by atoms with Crippen molar-refractivity contribution in [2.45, 2.75) is 78.8 Å². The lowest BCUT2D eigenvalue weighted by Gasteiger charge is -1.97. The highest BCUT2D eigenvalue weighted by Gasteiger charge is 1.93. The number of carboxylic acid groups (broad SMARTS) is 2. The van der Waals surface area contributed by atoms with Crippen LogP contribution in [0.4, 0.5) is 0 Å². The van der Waals surface area contributed by atoms with E-state index in [0.717, 1.165) is 25.7 Å². The molecule has 0 aromatic carbocycles. The maximum Gasteiger partial charge on any atom is 0.330 e. The van der Waals surface area contributed by atoms with Gasteiger partial charge in [-0.2, -0.15) is 0 Å². The van der Waals surface area contributed by atoms with Crippen molar-refractivity contribution in [3.63, 3.8) is 0 Å². The van der Waals surface area contributed by atoms with Crippen molar-refractivity contribution < 1.29 is 40.2 Å². The van der Waals surface area contributed by atoms with Gasteiger partial charge in [0.05, 0.1) is 0 Å². The zero-order valence-electron chi connectivity index (χ0n) is 16.3. The molecule has 0 amide bonds. The van der Waals surface area contributed by atoms with Crippen molar-refractivity contribution in [1.29, 1.82) is 0 Å². The predicted molar refractivity (Wildman–Crippen MR) is 100 cm³/mol. The molecule has 6 N–H and O–H groups in total. The zero-order valence-corrected chi connectivity index (χ0v) is 16.3. The lowest BCUT2D eigenvalue weighted by atomic mass is 10.2. The van der Waals surface area contributed by atoms with Crippen LogP contribution >= 0.6 is 0 Å². The van der Waals surface area contributed by atoms with Crippen LogP contribution in [0, 0.1) is 0 Å². The Morgan fingerprint density at radius 1 is 0.731 bits per heavy atom. The molecule has 0 saturated heterocycles. The van der Waals surface area contributed by atoms with E-state index < -0.39 is 24.5 Å². The van der Waals surface area contributed by atoms with E-state index in [1.807, 2.05) is 13.8 Å². The second-order valence-electron chi connectivity index (χ2n) is 5.42. The van der Waals surface area contributed by atoms with Crippen molar-refractivity contribution in [2.75, 3.05) is 0 Å². The van der Waals surface area contributed by atoms with E-state index in [-0.39, 0.29) is 11.1 Å². The first-order valence-corrected chi connectivity index (χ1v) is 8.33. The number of unbranched alkanes of at least 4 members (excludes halogenated alkanes) is 2. The largest absolute Gasteiger partial charge is 0.478 e. The normalized spacial score (nSPS) is 9.00. The van der Waals surface area contributed by atoms with E-state index in [4.69, 9.17) is 30.6 Å². The molecule has 0 unspecified atom stereocenters. The molecular formula is C18H36O8. The Bertz CT molecular complexity index is 315. The van der Waals surface area contributed by atoms with E-state index in [9.17, 15) is 9.59 Å². The molecule has 0 heterocycles. The minimum Gasteiger partial charge on any atom is -0.478 e. The molecule has 0 radical (unpaired) electrons. The van der Waals surface area contributed by atoms with Crippen LogP contribution in [0.15, 0.2) is 24.3 Å². The summed E-state index contributed by atoms with van der Waals surface area (Å²) in [5.41, 5.74) is 0.352. The predicted octanol–water partition coefficient (Wildman–Crippen LogP) is 2.27. The van der Waals surface area contributed by atoms with Gasteiger partial charge < -0.3 is 30.6 Å². The molecule has 0 bridgehead atoms. The lowest BCUT2D eigenvalue weighted by Crippen LogP contribution is -2.02. The number of hydrogen-bond donors (Lipinski definition) is 6. The Morgan fingerprint density at radius 3 is 0.962 bits per heavy atom. The fourth-order valence-electron chi connectivity index (χ4n) is 0.773. The Labute approximate surface area is 156 Å². The molecular weight excluding hydrogens is 344 g/mol. The van der Waals surface area contributed by atoms with Gasteiger partial charge in [0.25, 0.3) is 0 Å². The standard InChI is InChI=1S/2C5H12O2.2C4H6O2/c2*1-2-3-4-5(6)7;2*1-3(2)4(5)6/h2*5-7H,2-4H2,1H3;2*1H2,2H3,(H,5,6). The zero-order chi connectivity index (χ0) is 21.7. The van der Waals surface area contributed by atoms with Gasteiger partial charge in [-0.25, -0.2) is 9.59 Å². The molecule has 0 aromatic rings. The van der Waals surface area contributed by atoms with Crippen LogP contribution < -0.4 is 0 Å². The molecule has 8 nitrogen and oxygen atoms in total.